The molecule has 1 amide bonds. The van der Waals surface area contributed by atoms with Gasteiger partial charge in [0.2, 0.25) is 0 Å². The quantitative estimate of drug-likeness (QED) is 0.451. The number of benzene rings is 1. The molecule has 0 saturated carbocycles. The summed E-state index contributed by atoms with van der Waals surface area (Å²) < 4.78 is 10.6. The van der Waals surface area contributed by atoms with Crippen molar-refractivity contribution in [1.29, 1.82) is 0 Å². The summed E-state index contributed by atoms with van der Waals surface area (Å²) in [5.41, 5.74) is 1.03. The maximum absolute atomic E-state index is 11.4. The lowest BCUT2D eigenvalue weighted by molar-refractivity contribution is -0.134. The first-order chi connectivity index (χ1) is 7.49. The molecule has 88 valence electrons. The average Bonchev–Trinajstić information content (AvgIpc) is 2.27. The minimum absolute atomic E-state index is 0.393. The second-order valence-electron chi connectivity index (χ2n) is 3.76. The third kappa shape index (κ3) is 2.87. The maximum Gasteiger partial charge on any atom is 0.277 e. The normalized spacial score (nSPS) is 10.8. The van der Waals surface area contributed by atoms with E-state index in [1.807, 2.05) is 0 Å². The zero-order valence-corrected chi connectivity index (χ0v) is 9.61. The van der Waals surface area contributed by atoms with Gasteiger partial charge in [0.15, 0.2) is 5.60 Å². The Morgan fingerprint density at radius 3 is 2.56 bits per heavy atom. The fourth-order valence-corrected chi connectivity index (χ4v) is 1.18. The first kappa shape index (κ1) is 12.3. The van der Waals surface area contributed by atoms with E-state index in [2.05, 4.69) is 5.43 Å². The highest BCUT2D eigenvalue weighted by atomic mass is 16.5. The Morgan fingerprint density at radius 2 is 2.00 bits per heavy atom. The number of rotatable bonds is 4. The molecule has 0 radical (unpaired) electrons. The number of methoxy groups -OCH3 is 1. The van der Waals surface area contributed by atoms with Crippen LogP contribution in [0.5, 0.6) is 11.5 Å². The van der Waals surface area contributed by atoms with Crippen molar-refractivity contribution in [3.05, 3.63) is 24.3 Å². The maximum atomic E-state index is 11.4. The zero-order chi connectivity index (χ0) is 12.2. The third-order valence-corrected chi connectivity index (χ3v) is 2.09. The van der Waals surface area contributed by atoms with Gasteiger partial charge in [0.25, 0.3) is 5.91 Å². The van der Waals surface area contributed by atoms with Crippen molar-refractivity contribution in [3.8, 4) is 11.5 Å². The Bertz CT molecular complexity index is 377. The van der Waals surface area contributed by atoms with Gasteiger partial charge in [-0.15, -0.1) is 0 Å². The summed E-state index contributed by atoms with van der Waals surface area (Å²) in [5, 5.41) is 0. The van der Waals surface area contributed by atoms with Gasteiger partial charge in [0.1, 0.15) is 11.5 Å². The molecule has 0 unspecified atom stereocenters. The van der Waals surface area contributed by atoms with Gasteiger partial charge in [-0.1, -0.05) is 6.07 Å². The van der Waals surface area contributed by atoms with Crippen LogP contribution >= 0.6 is 0 Å². The molecule has 0 saturated heterocycles. The zero-order valence-electron chi connectivity index (χ0n) is 9.61. The third-order valence-electron chi connectivity index (χ3n) is 2.09. The number of hydrogen-bond donors (Lipinski definition) is 2. The molecule has 5 heteroatoms. The lowest BCUT2D eigenvalue weighted by Gasteiger charge is -2.24. The summed E-state index contributed by atoms with van der Waals surface area (Å²) in [6.07, 6.45) is 0. The van der Waals surface area contributed by atoms with Crippen molar-refractivity contribution in [1.82, 2.24) is 5.43 Å². The molecule has 0 fully saturated rings. The molecule has 5 nitrogen and oxygen atoms in total. The predicted octanol–water partition coefficient (Wildman–Crippen LogP) is 0.842. The SMILES string of the molecule is COc1cccc(OC(C)(C)C(=O)NN)c1. The van der Waals surface area contributed by atoms with E-state index < -0.39 is 11.5 Å². The van der Waals surface area contributed by atoms with Gasteiger partial charge in [0, 0.05) is 6.07 Å². The standard InChI is InChI=1S/C11H16N2O3/c1-11(2,10(14)13-12)16-9-6-4-5-8(7-9)15-3/h4-7H,12H2,1-3H3,(H,13,14). The molecule has 1 rings (SSSR count). The van der Waals surface area contributed by atoms with E-state index in [-0.39, 0.29) is 0 Å². The number of nitrogens with one attached hydrogen (secondary N) is 1. The van der Waals surface area contributed by atoms with Gasteiger partial charge in [-0.05, 0) is 26.0 Å². The van der Waals surface area contributed by atoms with Gasteiger partial charge in [0.05, 0.1) is 7.11 Å². The minimum atomic E-state index is -1.03. The molecule has 0 aliphatic carbocycles. The molecule has 0 heterocycles. The number of ether oxygens (including phenoxy) is 2. The Labute approximate surface area is 94.5 Å². The summed E-state index contributed by atoms with van der Waals surface area (Å²) in [5.74, 6) is 5.89. The van der Waals surface area contributed by atoms with Crippen LogP contribution < -0.4 is 20.7 Å². The number of carbonyl (C=O) groups excluding carboxylic acids is 1. The second kappa shape index (κ2) is 4.85. The summed E-state index contributed by atoms with van der Waals surface area (Å²) >= 11 is 0. The predicted molar refractivity (Wildman–Crippen MR) is 60.0 cm³/mol. The summed E-state index contributed by atoms with van der Waals surface area (Å²) in [7, 11) is 1.57. The molecule has 0 atom stereocenters. The molecule has 0 aliphatic heterocycles. The molecule has 1 aromatic carbocycles. The first-order valence-corrected chi connectivity index (χ1v) is 4.83. The number of hydrazine groups is 1. The van der Waals surface area contributed by atoms with E-state index in [1.165, 1.54) is 0 Å². The molecule has 3 N–H and O–H groups in total. The monoisotopic (exact) mass is 224 g/mol. The molecule has 0 aromatic heterocycles. The second-order valence-corrected chi connectivity index (χ2v) is 3.76. The largest absolute Gasteiger partial charge is 0.497 e. The van der Waals surface area contributed by atoms with E-state index in [4.69, 9.17) is 15.3 Å². The molecule has 0 aliphatic rings. The van der Waals surface area contributed by atoms with Crippen LogP contribution in [0.15, 0.2) is 24.3 Å². The molecule has 0 spiro atoms. The average molecular weight is 224 g/mol. The lowest BCUT2D eigenvalue weighted by Crippen LogP contribution is -2.49. The van der Waals surface area contributed by atoms with Crippen LogP contribution in [-0.2, 0) is 4.79 Å². The molecular weight excluding hydrogens is 208 g/mol. The fourth-order valence-electron chi connectivity index (χ4n) is 1.18. The van der Waals surface area contributed by atoms with Crippen LogP contribution in [0.25, 0.3) is 0 Å². The van der Waals surface area contributed by atoms with Gasteiger partial charge in [-0.2, -0.15) is 0 Å². The molecule has 0 bridgehead atoms. The van der Waals surface area contributed by atoms with E-state index >= 15 is 0 Å². The highest BCUT2D eigenvalue weighted by Crippen LogP contribution is 2.23. The van der Waals surface area contributed by atoms with Crippen LogP contribution in [0.4, 0.5) is 0 Å². The topological polar surface area (TPSA) is 73.6 Å². The fraction of sp³-hybridized carbons (Fsp3) is 0.364. The molecule has 16 heavy (non-hydrogen) atoms. The molecular formula is C11H16N2O3. The molecule has 1 aromatic rings. The smallest absolute Gasteiger partial charge is 0.277 e. The van der Waals surface area contributed by atoms with E-state index in [9.17, 15) is 4.79 Å². The Kier molecular flexibility index (Phi) is 3.73. The number of hydrogen-bond acceptors (Lipinski definition) is 4. The lowest BCUT2D eigenvalue weighted by atomic mass is 10.1. The van der Waals surface area contributed by atoms with Crippen molar-refractivity contribution in [2.24, 2.45) is 5.84 Å². The van der Waals surface area contributed by atoms with Gasteiger partial charge in [-0.3, -0.25) is 10.2 Å². The van der Waals surface area contributed by atoms with E-state index in [1.54, 1.807) is 45.2 Å². The van der Waals surface area contributed by atoms with Crippen LogP contribution in [0.1, 0.15) is 13.8 Å². The van der Waals surface area contributed by atoms with Crippen LogP contribution in [0, 0.1) is 0 Å². The van der Waals surface area contributed by atoms with Crippen molar-refractivity contribution >= 4 is 5.91 Å². The van der Waals surface area contributed by atoms with Gasteiger partial charge < -0.3 is 9.47 Å². The van der Waals surface area contributed by atoms with Gasteiger partial charge in [-0.25, -0.2) is 5.84 Å². The van der Waals surface area contributed by atoms with E-state index in [0.717, 1.165) is 0 Å². The highest BCUT2D eigenvalue weighted by molar-refractivity contribution is 5.84. The summed E-state index contributed by atoms with van der Waals surface area (Å²) in [6, 6.07) is 7.02. The van der Waals surface area contributed by atoms with Crippen LogP contribution in [-0.4, -0.2) is 18.6 Å². The van der Waals surface area contributed by atoms with Crippen molar-refractivity contribution < 1.29 is 14.3 Å². The minimum Gasteiger partial charge on any atom is -0.497 e. The first-order valence-electron chi connectivity index (χ1n) is 4.83. The van der Waals surface area contributed by atoms with Crippen molar-refractivity contribution in [3.63, 3.8) is 0 Å². The summed E-state index contributed by atoms with van der Waals surface area (Å²) in [4.78, 5) is 11.4. The van der Waals surface area contributed by atoms with Crippen molar-refractivity contribution in [2.75, 3.05) is 7.11 Å². The van der Waals surface area contributed by atoms with Gasteiger partial charge >= 0.3 is 0 Å². The van der Waals surface area contributed by atoms with Crippen LogP contribution in [0.2, 0.25) is 0 Å². The van der Waals surface area contributed by atoms with Crippen LogP contribution in [0.3, 0.4) is 0 Å². The number of nitrogens with two attached hydrogens (primary N) is 1. The van der Waals surface area contributed by atoms with Crippen molar-refractivity contribution in [2.45, 2.75) is 19.4 Å². The van der Waals surface area contributed by atoms with E-state index in [0.29, 0.717) is 11.5 Å². The Balaban J connectivity index is 2.83. The number of amides is 1. The summed E-state index contributed by atoms with van der Waals surface area (Å²) in [6.45, 7) is 3.27. The highest BCUT2D eigenvalue weighted by Gasteiger charge is 2.29. The number of carbonyl (C=O) groups is 1. The Morgan fingerprint density at radius 1 is 1.38 bits per heavy atom. The Hall–Kier alpha value is -1.75.